The maximum absolute atomic E-state index is 12.3. The fraction of sp³-hybridized carbons (Fsp3) is 0.647. The summed E-state index contributed by atoms with van der Waals surface area (Å²) in [6, 6.07) is 6.61. The minimum atomic E-state index is -3.78. The summed E-state index contributed by atoms with van der Waals surface area (Å²) in [6.45, 7) is 13.5. The van der Waals surface area contributed by atoms with Gasteiger partial charge in [0.2, 0.25) is 0 Å². The summed E-state index contributed by atoms with van der Waals surface area (Å²) in [5, 5.41) is 0.0952. The molecule has 24 heavy (non-hydrogen) atoms. The van der Waals surface area contributed by atoms with Crippen molar-refractivity contribution >= 4 is 18.4 Å². The van der Waals surface area contributed by atoms with Crippen LogP contribution in [-0.2, 0) is 23.5 Å². The molecule has 2 rings (SSSR count). The molecule has 1 unspecified atom stereocenters. The zero-order valence-electron chi connectivity index (χ0n) is 15.4. The number of aryl methyl sites for hydroxylation is 1. The first-order valence-corrected chi connectivity index (χ1v) is 12.4. The van der Waals surface area contributed by atoms with E-state index in [0.29, 0.717) is 13.2 Å². The molecule has 1 aliphatic rings. The lowest BCUT2D eigenvalue weighted by molar-refractivity contribution is 0.125. The molecule has 1 heterocycles. The maximum Gasteiger partial charge on any atom is 0.297 e. The standard InChI is InChI=1S/C17H28O5SSi/c1-14-7-9-15(10-8-14)23(18,19)21-12-17(11-20-17)13-22-24(5,6)16(2,3)4/h7-10H,11-13H2,1-6H3. The summed E-state index contributed by atoms with van der Waals surface area (Å²) >= 11 is 0. The Morgan fingerprint density at radius 3 is 2.17 bits per heavy atom. The van der Waals surface area contributed by atoms with Crippen LogP contribution in [0.2, 0.25) is 18.1 Å². The first kappa shape index (κ1) is 19.6. The molecule has 136 valence electrons. The molecule has 0 bridgehead atoms. The smallest absolute Gasteiger partial charge is 0.297 e. The van der Waals surface area contributed by atoms with Crippen LogP contribution < -0.4 is 0 Å². The van der Waals surface area contributed by atoms with Crippen molar-refractivity contribution in [3.8, 4) is 0 Å². The topological polar surface area (TPSA) is 65.1 Å². The Labute approximate surface area is 146 Å². The van der Waals surface area contributed by atoms with Gasteiger partial charge in [0.05, 0.1) is 18.1 Å². The van der Waals surface area contributed by atoms with E-state index in [9.17, 15) is 8.42 Å². The molecule has 0 saturated carbocycles. The van der Waals surface area contributed by atoms with Crippen LogP contribution in [-0.4, -0.2) is 42.2 Å². The molecule has 7 heteroatoms. The zero-order chi connectivity index (χ0) is 18.2. The van der Waals surface area contributed by atoms with Gasteiger partial charge >= 0.3 is 0 Å². The van der Waals surface area contributed by atoms with Gasteiger partial charge in [0.15, 0.2) is 8.32 Å². The summed E-state index contributed by atoms with van der Waals surface area (Å²) in [5.74, 6) is 0. The predicted octanol–water partition coefficient (Wildman–Crippen LogP) is 3.49. The third-order valence-electron chi connectivity index (χ3n) is 4.84. The molecule has 0 amide bonds. The fourth-order valence-electron chi connectivity index (χ4n) is 1.80. The molecular weight excluding hydrogens is 344 g/mol. The minimum absolute atomic E-state index is 0.0160. The lowest BCUT2D eigenvalue weighted by atomic mass is 10.2. The maximum atomic E-state index is 12.3. The average molecular weight is 373 g/mol. The monoisotopic (exact) mass is 372 g/mol. The first-order chi connectivity index (χ1) is 10.9. The molecule has 0 spiro atoms. The van der Waals surface area contributed by atoms with Gasteiger partial charge in [-0.15, -0.1) is 0 Å². The number of epoxide rings is 1. The SMILES string of the molecule is Cc1ccc(S(=O)(=O)OCC2(CO[Si](C)(C)C(C)(C)C)CO2)cc1. The summed E-state index contributed by atoms with van der Waals surface area (Å²) in [4.78, 5) is 0.161. The Balaban J connectivity index is 1.95. The van der Waals surface area contributed by atoms with Crippen molar-refractivity contribution in [3.63, 3.8) is 0 Å². The third kappa shape index (κ3) is 4.67. The van der Waals surface area contributed by atoms with Crippen molar-refractivity contribution in [1.29, 1.82) is 0 Å². The molecule has 0 aromatic heterocycles. The van der Waals surface area contributed by atoms with E-state index in [1.807, 2.05) is 6.92 Å². The Bertz CT molecular complexity index is 670. The van der Waals surface area contributed by atoms with Gasteiger partial charge in [-0.25, -0.2) is 0 Å². The molecule has 0 aliphatic carbocycles. The highest BCUT2D eigenvalue weighted by molar-refractivity contribution is 7.86. The van der Waals surface area contributed by atoms with Crippen molar-refractivity contribution in [2.75, 3.05) is 19.8 Å². The predicted molar refractivity (Wildman–Crippen MR) is 96.1 cm³/mol. The molecule has 1 atom stereocenters. The summed E-state index contributed by atoms with van der Waals surface area (Å²) in [6.07, 6.45) is 0. The molecular formula is C17H28O5SSi. The number of benzene rings is 1. The Morgan fingerprint density at radius 1 is 1.17 bits per heavy atom. The summed E-state index contributed by atoms with van der Waals surface area (Å²) < 4.78 is 41.4. The van der Waals surface area contributed by atoms with E-state index in [1.165, 1.54) is 0 Å². The van der Waals surface area contributed by atoms with Gasteiger partial charge in [0.1, 0.15) is 12.2 Å². The van der Waals surface area contributed by atoms with Crippen LogP contribution in [0.3, 0.4) is 0 Å². The van der Waals surface area contributed by atoms with Crippen molar-refractivity contribution in [2.45, 2.75) is 56.3 Å². The number of hydrogen-bond acceptors (Lipinski definition) is 5. The van der Waals surface area contributed by atoms with Crippen LogP contribution in [0.1, 0.15) is 26.3 Å². The Hall–Kier alpha value is -0.733. The van der Waals surface area contributed by atoms with E-state index >= 15 is 0 Å². The number of rotatable bonds is 7. The van der Waals surface area contributed by atoms with Gasteiger partial charge in [-0.2, -0.15) is 8.42 Å². The van der Waals surface area contributed by atoms with E-state index in [4.69, 9.17) is 13.3 Å². The van der Waals surface area contributed by atoms with E-state index in [2.05, 4.69) is 33.9 Å². The lowest BCUT2D eigenvalue weighted by Crippen LogP contribution is -2.44. The van der Waals surface area contributed by atoms with E-state index < -0.39 is 24.0 Å². The molecule has 0 N–H and O–H groups in total. The second-order valence-corrected chi connectivity index (χ2v) is 14.5. The highest BCUT2D eigenvalue weighted by atomic mass is 32.2. The van der Waals surface area contributed by atoms with Crippen molar-refractivity contribution < 1.29 is 21.8 Å². The van der Waals surface area contributed by atoms with Crippen molar-refractivity contribution in [3.05, 3.63) is 29.8 Å². The lowest BCUT2D eigenvalue weighted by Gasteiger charge is -2.36. The van der Waals surface area contributed by atoms with Gasteiger partial charge in [0, 0.05) is 0 Å². The third-order valence-corrected chi connectivity index (χ3v) is 10.6. The second kappa shape index (κ2) is 6.53. The van der Waals surface area contributed by atoms with Gasteiger partial charge in [-0.1, -0.05) is 38.5 Å². The largest absolute Gasteiger partial charge is 0.414 e. The fourth-order valence-corrected chi connectivity index (χ4v) is 3.83. The van der Waals surface area contributed by atoms with Crippen LogP contribution in [0.4, 0.5) is 0 Å². The second-order valence-electron chi connectivity index (χ2n) is 8.05. The summed E-state index contributed by atoms with van der Waals surface area (Å²) in [7, 11) is -5.68. The van der Waals surface area contributed by atoms with E-state index in [1.54, 1.807) is 24.3 Å². The zero-order valence-corrected chi connectivity index (χ0v) is 17.2. The van der Waals surface area contributed by atoms with Crippen molar-refractivity contribution in [1.82, 2.24) is 0 Å². The highest BCUT2D eigenvalue weighted by Gasteiger charge is 2.49. The molecule has 1 saturated heterocycles. The quantitative estimate of drug-likeness (QED) is 0.416. The normalized spacial score (nSPS) is 21.8. The van der Waals surface area contributed by atoms with Crippen LogP contribution >= 0.6 is 0 Å². The summed E-state index contributed by atoms with van der Waals surface area (Å²) in [5.41, 5.74) is 0.367. The number of ether oxygens (including phenoxy) is 1. The van der Waals surface area contributed by atoms with Crippen molar-refractivity contribution in [2.24, 2.45) is 0 Å². The average Bonchev–Trinajstić information content (AvgIpc) is 3.23. The Morgan fingerprint density at radius 2 is 1.71 bits per heavy atom. The van der Waals surface area contributed by atoms with Crippen LogP contribution in [0.15, 0.2) is 29.2 Å². The number of hydrogen-bond donors (Lipinski definition) is 0. The molecule has 1 aromatic carbocycles. The molecule has 5 nitrogen and oxygen atoms in total. The van der Waals surface area contributed by atoms with Gasteiger partial charge < -0.3 is 9.16 Å². The highest BCUT2D eigenvalue weighted by Crippen LogP contribution is 2.39. The Kier molecular flexibility index (Phi) is 5.33. The van der Waals surface area contributed by atoms with Crippen LogP contribution in [0, 0.1) is 6.92 Å². The molecule has 0 radical (unpaired) electrons. The van der Waals surface area contributed by atoms with Gasteiger partial charge in [0.25, 0.3) is 10.1 Å². The molecule has 1 aliphatic heterocycles. The van der Waals surface area contributed by atoms with E-state index in [-0.39, 0.29) is 16.5 Å². The van der Waals surface area contributed by atoms with E-state index in [0.717, 1.165) is 5.56 Å². The van der Waals surface area contributed by atoms with Gasteiger partial charge in [-0.3, -0.25) is 4.18 Å². The first-order valence-electron chi connectivity index (χ1n) is 8.11. The molecule has 1 aromatic rings. The van der Waals surface area contributed by atoms with Gasteiger partial charge in [-0.05, 0) is 37.2 Å². The van der Waals surface area contributed by atoms with Crippen LogP contribution in [0.25, 0.3) is 0 Å². The molecule has 1 fully saturated rings. The minimum Gasteiger partial charge on any atom is -0.414 e. The van der Waals surface area contributed by atoms with Crippen LogP contribution in [0.5, 0.6) is 0 Å².